The number of aryl methyl sites for hydroxylation is 1. The molecular weight excluding hydrogens is 650 g/mol. The van der Waals surface area contributed by atoms with Crippen molar-refractivity contribution in [1.82, 2.24) is 10.2 Å². The Labute approximate surface area is 287 Å². The van der Waals surface area contributed by atoms with Gasteiger partial charge in [0.2, 0.25) is 11.8 Å². The maximum absolute atomic E-state index is 14.7. The quantitative estimate of drug-likeness (QED) is 0.149. The number of hydrogen-bond donors (Lipinski definition) is 1. The molecule has 5 rings (SSSR count). The molecule has 0 spiro atoms. The average molecular weight is 690 g/mol. The van der Waals surface area contributed by atoms with Crippen molar-refractivity contribution in [1.29, 1.82) is 0 Å². The van der Waals surface area contributed by atoms with E-state index in [-0.39, 0.29) is 29.8 Å². The molecule has 246 valence electrons. The molecule has 10 heteroatoms. The summed E-state index contributed by atoms with van der Waals surface area (Å²) >= 11 is 8.11. The minimum absolute atomic E-state index is 0.0261. The Hall–Kier alpha value is -3.79. The van der Waals surface area contributed by atoms with E-state index in [1.807, 2.05) is 67.8 Å². The molecule has 1 aliphatic carbocycles. The van der Waals surface area contributed by atoms with Crippen LogP contribution in [0.4, 0.5) is 5.69 Å². The summed E-state index contributed by atoms with van der Waals surface area (Å²) in [6.07, 6.45) is 6.02. The molecule has 4 aromatic carbocycles. The van der Waals surface area contributed by atoms with Gasteiger partial charge in [-0.1, -0.05) is 90.7 Å². The molecule has 1 saturated carbocycles. The lowest BCUT2D eigenvalue weighted by atomic mass is 10.0. The smallest absolute Gasteiger partial charge is 0.264 e. The molecule has 7 nitrogen and oxygen atoms in total. The first-order valence-electron chi connectivity index (χ1n) is 15.8. The SMILES string of the molecule is CSc1ccc(S(=O)(=O)N(CC(=O)N(Cc2ccccc2Cl)C(Cc2ccccc2)C(=O)NC2CCCC2)c2ccc(C)cc2)cc1. The highest BCUT2D eigenvalue weighted by molar-refractivity contribution is 7.98. The Morgan fingerprint density at radius 3 is 2.17 bits per heavy atom. The molecule has 47 heavy (non-hydrogen) atoms. The van der Waals surface area contributed by atoms with Gasteiger partial charge in [-0.15, -0.1) is 11.8 Å². The van der Waals surface area contributed by atoms with Gasteiger partial charge in [0.25, 0.3) is 10.0 Å². The molecule has 0 heterocycles. The van der Waals surface area contributed by atoms with Gasteiger partial charge in [0.1, 0.15) is 12.6 Å². The first-order chi connectivity index (χ1) is 22.7. The molecule has 1 unspecified atom stereocenters. The van der Waals surface area contributed by atoms with Gasteiger partial charge in [0, 0.05) is 28.9 Å². The van der Waals surface area contributed by atoms with Crippen LogP contribution < -0.4 is 9.62 Å². The van der Waals surface area contributed by atoms with Crippen molar-refractivity contribution in [3.63, 3.8) is 0 Å². The van der Waals surface area contributed by atoms with Crippen molar-refractivity contribution in [3.8, 4) is 0 Å². The number of halogens is 1. The number of sulfonamides is 1. The summed E-state index contributed by atoms with van der Waals surface area (Å²) in [4.78, 5) is 31.3. The number of carbonyl (C=O) groups excluding carboxylic acids is 2. The van der Waals surface area contributed by atoms with Gasteiger partial charge in [-0.25, -0.2) is 8.42 Å². The lowest BCUT2D eigenvalue weighted by Gasteiger charge is -2.34. The van der Waals surface area contributed by atoms with E-state index in [1.54, 1.807) is 48.5 Å². The van der Waals surface area contributed by atoms with Crippen LogP contribution in [0.25, 0.3) is 0 Å². The van der Waals surface area contributed by atoms with Gasteiger partial charge in [0.05, 0.1) is 10.6 Å². The highest BCUT2D eigenvalue weighted by Gasteiger charge is 2.35. The summed E-state index contributed by atoms with van der Waals surface area (Å²) in [5.74, 6) is -0.782. The molecule has 4 aromatic rings. The number of thioether (sulfide) groups is 1. The van der Waals surface area contributed by atoms with E-state index < -0.39 is 28.5 Å². The van der Waals surface area contributed by atoms with E-state index >= 15 is 0 Å². The fourth-order valence-corrected chi connectivity index (χ4v) is 7.86. The third kappa shape index (κ3) is 8.77. The fourth-order valence-electron chi connectivity index (χ4n) is 5.85. The standard InChI is InChI=1S/C37H40ClN3O4S2/c1-27-16-18-31(19-17-27)41(47(44,45)33-22-20-32(46-2)21-23-33)26-36(42)40(25-29-12-6-9-15-34(29)38)35(24-28-10-4-3-5-11-28)37(43)39-30-13-7-8-14-30/h3-6,9-12,15-23,30,35H,7-8,13-14,24-26H2,1-2H3,(H,39,43). The molecule has 0 saturated heterocycles. The lowest BCUT2D eigenvalue weighted by molar-refractivity contribution is -0.140. The second kappa shape index (κ2) is 15.9. The molecule has 0 aromatic heterocycles. The van der Waals surface area contributed by atoms with Gasteiger partial charge < -0.3 is 10.2 Å². The zero-order valence-corrected chi connectivity index (χ0v) is 29.0. The Kier molecular flexibility index (Phi) is 11.7. The predicted molar refractivity (Wildman–Crippen MR) is 190 cm³/mol. The maximum Gasteiger partial charge on any atom is 0.264 e. The zero-order valence-electron chi connectivity index (χ0n) is 26.6. The van der Waals surface area contributed by atoms with Gasteiger partial charge in [-0.05, 0) is 79.6 Å². The number of anilines is 1. The maximum atomic E-state index is 14.7. The largest absolute Gasteiger partial charge is 0.352 e. The van der Waals surface area contributed by atoms with Crippen LogP contribution in [-0.4, -0.2) is 50.0 Å². The van der Waals surface area contributed by atoms with Crippen LogP contribution in [0.3, 0.4) is 0 Å². The van der Waals surface area contributed by atoms with Crippen molar-refractivity contribution >= 4 is 50.9 Å². The van der Waals surface area contributed by atoms with Gasteiger partial charge in [-0.3, -0.25) is 13.9 Å². The second-order valence-electron chi connectivity index (χ2n) is 11.8. The number of rotatable bonds is 13. The number of nitrogens with one attached hydrogen (secondary N) is 1. The Morgan fingerprint density at radius 1 is 0.894 bits per heavy atom. The van der Waals surface area contributed by atoms with Gasteiger partial charge >= 0.3 is 0 Å². The predicted octanol–water partition coefficient (Wildman–Crippen LogP) is 7.26. The summed E-state index contributed by atoms with van der Waals surface area (Å²) in [5, 5.41) is 3.65. The summed E-state index contributed by atoms with van der Waals surface area (Å²) in [6.45, 7) is 1.43. The fraction of sp³-hybridized carbons (Fsp3) is 0.297. The van der Waals surface area contributed by atoms with E-state index in [1.165, 1.54) is 16.7 Å². The minimum Gasteiger partial charge on any atom is -0.352 e. The topological polar surface area (TPSA) is 86.8 Å². The van der Waals surface area contributed by atoms with Crippen molar-refractivity contribution in [2.24, 2.45) is 0 Å². The summed E-state index contributed by atoms with van der Waals surface area (Å²) in [6, 6.07) is 29.5. The van der Waals surface area contributed by atoms with E-state index in [4.69, 9.17) is 11.6 Å². The normalized spacial score (nSPS) is 14.0. The van der Waals surface area contributed by atoms with E-state index in [0.717, 1.165) is 46.0 Å². The second-order valence-corrected chi connectivity index (χ2v) is 15.0. The molecule has 0 aliphatic heterocycles. The number of benzene rings is 4. The monoisotopic (exact) mass is 689 g/mol. The Balaban J connectivity index is 1.56. The van der Waals surface area contributed by atoms with E-state index in [0.29, 0.717) is 16.3 Å². The molecule has 1 atom stereocenters. The number of nitrogens with zero attached hydrogens (tertiary/aromatic N) is 2. The number of carbonyl (C=O) groups is 2. The first-order valence-corrected chi connectivity index (χ1v) is 18.8. The van der Waals surface area contributed by atoms with Crippen molar-refractivity contribution in [3.05, 3.63) is 125 Å². The van der Waals surface area contributed by atoms with Crippen LogP contribution in [0, 0.1) is 6.92 Å². The Morgan fingerprint density at radius 2 is 1.53 bits per heavy atom. The van der Waals surface area contributed by atoms with Crippen LogP contribution in [-0.2, 0) is 32.6 Å². The average Bonchev–Trinajstić information content (AvgIpc) is 3.60. The molecule has 1 N–H and O–H groups in total. The Bertz CT molecular complexity index is 1760. The lowest BCUT2D eigenvalue weighted by Crippen LogP contribution is -2.54. The molecule has 1 fully saturated rings. The van der Waals surface area contributed by atoms with Gasteiger partial charge in [-0.2, -0.15) is 0 Å². The molecule has 2 amide bonds. The molecule has 0 radical (unpaired) electrons. The summed E-state index contributed by atoms with van der Waals surface area (Å²) < 4.78 is 29.7. The molecular formula is C37H40ClN3O4S2. The number of hydrogen-bond acceptors (Lipinski definition) is 5. The summed E-state index contributed by atoms with van der Waals surface area (Å²) in [7, 11) is -4.18. The van der Waals surface area contributed by atoms with E-state index in [2.05, 4.69) is 5.32 Å². The first kappa shape index (κ1) is 34.5. The van der Waals surface area contributed by atoms with Crippen LogP contribution in [0.2, 0.25) is 5.02 Å². The highest BCUT2D eigenvalue weighted by atomic mass is 35.5. The van der Waals surface area contributed by atoms with Crippen molar-refractivity contribution in [2.45, 2.75) is 67.4 Å². The van der Waals surface area contributed by atoms with Crippen LogP contribution in [0.5, 0.6) is 0 Å². The number of amides is 2. The molecule has 1 aliphatic rings. The molecule has 0 bridgehead atoms. The van der Waals surface area contributed by atoms with Crippen molar-refractivity contribution in [2.75, 3.05) is 17.1 Å². The van der Waals surface area contributed by atoms with E-state index in [9.17, 15) is 18.0 Å². The summed E-state index contributed by atoms with van der Waals surface area (Å²) in [5.41, 5.74) is 2.85. The van der Waals surface area contributed by atoms with Crippen LogP contribution in [0.15, 0.2) is 113 Å². The third-order valence-corrected chi connectivity index (χ3v) is 11.4. The minimum atomic E-state index is -4.18. The third-order valence-electron chi connectivity index (χ3n) is 8.52. The van der Waals surface area contributed by atoms with Crippen molar-refractivity contribution < 1.29 is 18.0 Å². The highest BCUT2D eigenvalue weighted by Crippen LogP contribution is 2.28. The van der Waals surface area contributed by atoms with Gasteiger partial charge in [0.15, 0.2) is 0 Å². The van der Waals surface area contributed by atoms with Crippen LogP contribution in [0.1, 0.15) is 42.4 Å². The van der Waals surface area contributed by atoms with Crippen LogP contribution >= 0.6 is 23.4 Å². The zero-order chi connectivity index (χ0) is 33.4.